The Labute approximate surface area is 214 Å². The molecule has 0 radical (unpaired) electrons. The summed E-state index contributed by atoms with van der Waals surface area (Å²) in [4.78, 5) is 0. The molecule has 7 rings (SSSR count). The van der Waals surface area contributed by atoms with Gasteiger partial charge in [-0.2, -0.15) is 0 Å². The number of fused-ring (bicyclic) bond motifs is 4. The monoisotopic (exact) mass is 477 g/mol. The minimum atomic E-state index is 1.08. The maximum Gasteiger partial charge on any atom is 0.0384 e. The van der Waals surface area contributed by atoms with Gasteiger partial charge in [-0.25, -0.2) is 0 Å². The standard InChI is InChI=1S/C34H23NS/c1-2-8-29-24(6-1)7-5-10-30(29)25-14-19-28(20-15-25)35-27-17-12-23(13-18-27)26-16-21-34-32(22-26)31-9-3-4-11-33(31)36-34/h1-22,35H. The lowest BCUT2D eigenvalue weighted by Crippen LogP contribution is -1.90. The van der Waals surface area contributed by atoms with Gasteiger partial charge in [0.1, 0.15) is 0 Å². The molecule has 6 aromatic carbocycles. The van der Waals surface area contributed by atoms with Crippen LogP contribution in [-0.4, -0.2) is 0 Å². The lowest BCUT2D eigenvalue weighted by atomic mass is 9.98. The zero-order chi connectivity index (χ0) is 23.9. The van der Waals surface area contributed by atoms with Crippen LogP contribution in [0.15, 0.2) is 133 Å². The molecule has 36 heavy (non-hydrogen) atoms. The van der Waals surface area contributed by atoms with Crippen molar-refractivity contribution in [2.24, 2.45) is 0 Å². The van der Waals surface area contributed by atoms with Gasteiger partial charge in [0, 0.05) is 31.5 Å². The number of hydrogen-bond acceptors (Lipinski definition) is 2. The van der Waals surface area contributed by atoms with Crippen molar-refractivity contribution < 1.29 is 0 Å². The number of hydrogen-bond donors (Lipinski definition) is 1. The highest BCUT2D eigenvalue weighted by Gasteiger charge is 2.07. The van der Waals surface area contributed by atoms with Crippen molar-refractivity contribution in [3.63, 3.8) is 0 Å². The molecule has 0 amide bonds. The first kappa shape index (κ1) is 20.9. The highest BCUT2D eigenvalue weighted by atomic mass is 32.1. The first-order valence-electron chi connectivity index (χ1n) is 12.2. The summed E-state index contributed by atoms with van der Waals surface area (Å²) in [6.07, 6.45) is 0. The summed E-state index contributed by atoms with van der Waals surface area (Å²) in [5.41, 5.74) is 7.13. The van der Waals surface area contributed by atoms with Crippen LogP contribution >= 0.6 is 11.3 Å². The minimum Gasteiger partial charge on any atom is -0.356 e. The molecule has 2 heteroatoms. The summed E-state index contributed by atoms with van der Waals surface area (Å²) in [7, 11) is 0. The molecule has 0 bridgehead atoms. The van der Waals surface area contributed by atoms with E-state index in [1.165, 1.54) is 53.2 Å². The lowest BCUT2D eigenvalue weighted by Gasteiger charge is -2.10. The van der Waals surface area contributed by atoms with Gasteiger partial charge in [0.2, 0.25) is 0 Å². The Kier molecular flexibility index (Phi) is 5.04. The van der Waals surface area contributed by atoms with Gasteiger partial charge in [-0.05, 0) is 75.5 Å². The molecule has 0 aliphatic carbocycles. The highest BCUT2D eigenvalue weighted by Crippen LogP contribution is 2.36. The molecule has 170 valence electrons. The third-order valence-electron chi connectivity index (χ3n) is 6.87. The van der Waals surface area contributed by atoms with E-state index >= 15 is 0 Å². The Bertz CT molecular complexity index is 1840. The summed E-state index contributed by atoms with van der Waals surface area (Å²) in [6.45, 7) is 0. The van der Waals surface area contributed by atoms with Crippen molar-refractivity contribution in [3.05, 3.63) is 133 Å². The predicted octanol–water partition coefficient (Wildman–Crippen LogP) is 10.3. The van der Waals surface area contributed by atoms with E-state index in [1.54, 1.807) is 0 Å². The molecule has 0 unspecified atom stereocenters. The molecule has 0 atom stereocenters. The van der Waals surface area contributed by atoms with Crippen molar-refractivity contribution in [1.29, 1.82) is 0 Å². The fourth-order valence-electron chi connectivity index (χ4n) is 5.03. The summed E-state index contributed by atoms with van der Waals surface area (Å²) >= 11 is 1.86. The van der Waals surface area contributed by atoms with E-state index < -0.39 is 0 Å². The van der Waals surface area contributed by atoms with Gasteiger partial charge in [0.25, 0.3) is 0 Å². The molecule has 0 aliphatic rings. The molecule has 1 N–H and O–H groups in total. The fourth-order valence-corrected chi connectivity index (χ4v) is 6.11. The Morgan fingerprint density at radius 2 is 1.03 bits per heavy atom. The maximum absolute atomic E-state index is 3.55. The van der Waals surface area contributed by atoms with Gasteiger partial charge in [-0.15, -0.1) is 11.3 Å². The van der Waals surface area contributed by atoms with Crippen LogP contribution in [0.4, 0.5) is 11.4 Å². The Morgan fingerprint density at radius 1 is 0.417 bits per heavy atom. The summed E-state index contributed by atoms with van der Waals surface area (Å²) in [5.74, 6) is 0. The average Bonchev–Trinajstić information content (AvgIpc) is 3.32. The number of anilines is 2. The van der Waals surface area contributed by atoms with Crippen LogP contribution < -0.4 is 5.32 Å². The van der Waals surface area contributed by atoms with E-state index in [9.17, 15) is 0 Å². The summed E-state index contributed by atoms with van der Waals surface area (Å²) in [5, 5.41) is 8.77. The predicted molar refractivity (Wildman–Crippen MR) is 157 cm³/mol. The molecular weight excluding hydrogens is 454 g/mol. The SMILES string of the molecule is c1ccc2c(-c3ccc(Nc4ccc(-c5ccc6sc7ccccc7c6c5)cc4)cc3)cccc2c1. The van der Waals surface area contributed by atoms with Crippen LogP contribution in [0.1, 0.15) is 0 Å². The second-order valence-electron chi connectivity index (χ2n) is 9.12. The first-order valence-corrected chi connectivity index (χ1v) is 13.0. The van der Waals surface area contributed by atoms with Gasteiger partial charge >= 0.3 is 0 Å². The second-order valence-corrected chi connectivity index (χ2v) is 10.2. The lowest BCUT2D eigenvalue weighted by molar-refractivity contribution is 1.54. The highest BCUT2D eigenvalue weighted by molar-refractivity contribution is 7.25. The van der Waals surface area contributed by atoms with Gasteiger partial charge < -0.3 is 5.32 Å². The summed E-state index contributed by atoms with van der Waals surface area (Å²) < 4.78 is 2.68. The third-order valence-corrected chi connectivity index (χ3v) is 8.02. The smallest absolute Gasteiger partial charge is 0.0384 e. The molecule has 1 aromatic heterocycles. The van der Waals surface area contributed by atoms with Crippen molar-refractivity contribution in [2.45, 2.75) is 0 Å². The average molecular weight is 478 g/mol. The number of thiophene rings is 1. The molecular formula is C34H23NS. The molecule has 1 nitrogen and oxygen atoms in total. The quantitative estimate of drug-likeness (QED) is 0.266. The van der Waals surface area contributed by atoms with E-state index in [1.807, 2.05) is 11.3 Å². The van der Waals surface area contributed by atoms with Gasteiger partial charge in [-0.1, -0.05) is 91.0 Å². The number of rotatable bonds is 4. The van der Waals surface area contributed by atoms with Gasteiger partial charge in [0.05, 0.1) is 0 Å². The zero-order valence-electron chi connectivity index (χ0n) is 19.6. The van der Waals surface area contributed by atoms with E-state index in [2.05, 4.69) is 139 Å². The molecule has 1 heterocycles. The van der Waals surface area contributed by atoms with Crippen LogP contribution in [0.3, 0.4) is 0 Å². The Hall–Kier alpha value is -4.40. The van der Waals surface area contributed by atoms with E-state index in [4.69, 9.17) is 0 Å². The fraction of sp³-hybridized carbons (Fsp3) is 0. The van der Waals surface area contributed by atoms with E-state index in [0.717, 1.165) is 11.4 Å². The molecule has 7 aromatic rings. The van der Waals surface area contributed by atoms with Crippen molar-refractivity contribution in [2.75, 3.05) is 5.32 Å². The Morgan fingerprint density at radius 3 is 1.83 bits per heavy atom. The van der Waals surface area contributed by atoms with E-state index in [-0.39, 0.29) is 0 Å². The molecule has 0 saturated carbocycles. The van der Waals surface area contributed by atoms with Crippen LogP contribution in [-0.2, 0) is 0 Å². The Balaban J connectivity index is 1.13. The molecule has 0 saturated heterocycles. The second kappa shape index (κ2) is 8.67. The largest absolute Gasteiger partial charge is 0.356 e. The topological polar surface area (TPSA) is 12.0 Å². The van der Waals surface area contributed by atoms with E-state index in [0.29, 0.717) is 0 Å². The number of benzene rings is 6. The molecule has 0 spiro atoms. The summed E-state index contributed by atoms with van der Waals surface area (Å²) in [6, 6.07) is 47.9. The number of nitrogens with one attached hydrogen (secondary N) is 1. The van der Waals surface area contributed by atoms with Crippen LogP contribution in [0, 0.1) is 0 Å². The van der Waals surface area contributed by atoms with Gasteiger partial charge in [-0.3, -0.25) is 0 Å². The van der Waals surface area contributed by atoms with Crippen molar-refractivity contribution in [3.8, 4) is 22.3 Å². The van der Waals surface area contributed by atoms with Crippen LogP contribution in [0.2, 0.25) is 0 Å². The van der Waals surface area contributed by atoms with Crippen LogP contribution in [0.5, 0.6) is 0 Å². The minimum absolute atomic E-state index is 1.08. The molecule has 0 fully saturated rings. The molecule has 0 aliphatic heterocycles. The zero-order valence-corrected chi connectivity index (χ0v) is 20.4. The maximum atomic E-state index is 3.55. The van der Waals surface area contributed by atoms with Gasteiger partial charge in [0.15, 0.2) is 0 Å². The first-order chi connectivity index (χ1) is 17.8. The normalized spacial score (nSPS) is 11.3. The van der Waals surface area contributed by atoms with Crippen LogP contribution in [0.25, 0.3) is 53.2 Å². The van der Waals surface area contributed by atoms with Crippen molar-refractivity contribution >= 4 is 53.7 Å². The van der Waals surface area contributed by atoms with Crippen molar-refractivity contribution in [1.82, 2.24) is 0 Å². The third kappa shape index (κ3) is 3.73.